The van der Waals surface area contributed by atoms with E-state index in [0.29, 0.717) is 11.0 Å². The van der Waals surface area contributed by atoms with E-state index in [1.165, 1.54) is 11.3 Å². The van der Waals surface area contributed by atoms with Crippen molar-refractivity contribution in [3.8, 4) is 0 Å². The number of alkyl halides is 1. The summed E-state index contributed by atoms with van der Waals surface area (Å²) in [7, 11) is 1.73. The third-order valence-corrected chi connectivity index (χ3v) is 7.69. The molecule has 7 nitrogen and oxygen atoms in total. The maximum Gasteiger partial charge on any atom is 0.265 e. The predicted octanol–water partition coefficient (Wildman–Crippen LogP) is 3.28. The van der Waals surface area contributed by atoms with Crippen LogP contribution in [0.4, 0.5) is 5.13 Å². The molecule has 2 amide bonds. The van der Waals surface area contributed by atoms with Gasteiger partial charge in [-0.1, -0.05) is 25.2 Å². The van der Waals surface area contributed by atoms with Crippen molar-refractivity contribution in [2.75, 3.05) is 18.9 Å². The Morgan fingerprint density at radius 1 is 1.48 bits per heavy atom. The average Bonchev–Trinajstić information content (AvgIpc) is 3.27. The number of hydrogen-bond donors (Lipinski definition) is 1. The van der Waals surface area contributed by atoms with E-state index in [1.54, 1.807) is 29.4 Å². The number of allylic oxidation sites excluding steroid dienone is 4. The molecule has 3 aliphatic rings. The Labute approximate surface area is 187 Å². The van der Waals surface area contributed by atoms with E-state index in [1.807, 2.05) is 12.3 Å². The van der Waals surface area contributed by atoms with Crippen LogP contribution >= 0.6 is 33.9 Å². The molecular weight excluding hydrogens is 501 g/mol. The van der Waals surface area contributed by atoms with E-state index in [-0.39, 0.29) is 24.4 Å². The number of halogens is 1. The molecule has 1 aromatic rings. The van der Waals surface area contributed by atoms with E-state index >= 15 is 0 Å². The van der Waals surface area contributed by atoms with Gasteiger partial charge in [0.25, 0.3) is 5.91 Å². The fourth-order valence-corrected chi connectivity index (χ4v) is 5.74. The number of carbonyl (C=O) groups is 2. The molecule has 0 bridgehead atoms. The van der Waals surface area contributed by atoms with Crippen LogP contribution < -0.4 is 5.32 Å². The van der Waals surface area contributed by atoms with Gasteiger partial charge in [-0.2, -0.15) is 0 Å². The van der Waals surface area contributed by atoms with Gasteiger partial charge in [0.1, 0.15) is 12.6 Å². The summed E-state index contributed by atoms with van der Waals surface area (Å²) in [6.45, 7) is 4.16. The summed E-state index contributed by atoms with van der Waals surface area (Å²) < 4.78 is -0.912. The lowest BCUT2D eigenvalue weighted by Crippen LogP contribution is -2.60. The lowest BCUT2D eigenvalue weighted by atomic mass is 9.97. The number of nitrogens with one attached hydrogen (secondary N) is 1. The summed E-state index contributed by atoms with van der Waals surface area (Å²) in [5.41, 5.74) is 2.94. The Balaban J connectivity index is 1.43. The van der Waals surface area contributed by atoms with E-state index in [0.717, 1.165) is 23.3 Å². The number of nitrogens with zero attached hydrogens (tertiary/aromatic N) is 4. The van der Waals surface area contributed by atoms with Crippen molar-refractivity contribution < 1.29 is 9.59 Å². The zero-order valence-electron chi connectivity index (χ0n) is 16.4. The maximum atomic E-state index is 12.8. The van der Waals surface area contributed by atoms with E-state index in [4.69, 9.17) is 0 Å². The lowest BCUT2D eigenvalue weighted by molar-refractivity contribution is -0.133. The molecule has 0 saturated heterocycles. The summed E-state index contributed by atoms with van der Waals surface area (Å²) in [6, 6.07) is -0.279. The number of likely N-dealkylation sites (N-methyl/N-ethyl adjacent to an activating group) is 1. The van der Waals surface area contributed by atoms with Crippen LogP contribution in [0.2, 0.25) is 0 Å². The highest BCUT2D eigenvalue weighted by molar-refractivity contribution is 14.1. The molecule has 152 valence electrons. The Kier molecular flexibility index (Phi) is 5.36. The second-order valence-corrected chi connectivity index (χ2v) is 10.1. The van der Waals surface area contributed by atoms with Gasteiger partial charge in [-0.25, -0.2) is 4.98 Å². The van der Waals surface area contributed by atoms with Gasteiger partial charge in [0, 0.05) is 18.6 Å². The van der Waals surface area contributed by atoms with Crippen molar-refractivity contribution in [1.29, 1.82) is 0 Å². The zero-order valence-corrected chi connectivity index (χ0v) is 19.4. The molecule has 1 N–H and O–H groups in total. The highest BCUT2D eigenvalue weighted by Gasteiger charge is 2.55. The number of amides is 2. The Hall–Kier alpha value is -2.01. The summed E-state index contributed by atoms with van der Waals surface area (Å²) in [5.74, 6) is 0.238. The van der Waals surface area contributed by atoms with Gasteiger partial charge in [-0.3, -0.25) is 14.6 Å². The molecular formula is C20H22IN5O2S. The van der Waals surface area contributed by atoms with E-state index in [2.05, 4.69) is 63.0 Å². The Morgan fingerprint density at radius 3 is 3.00 bits per heavy atom. The van der Waals surface area contributed by atoms with Crippen LogP contribution in [-0.2, 0) is 9.59 Å². The SMILES string of the molecule is CC1=CN(C)C(=O)[C@@]2(I)C1N=CN2CC(=O)Nc1nc(C2=CCC(C)C=C2)cs1. The van der Waals surface area contributed by atoms with Crippen LogP contribution in [0.25, 0.3) is 5.57 Å². The number of aliphatic imine (C=N–C) groups is 1. The molecule has 0 spiro atoms. The van der Waals surface area contributed by atoms with Crippen LogP contribution in [0, 0.1) is 5.92 Å². The molecule has 0 radical (unpaired) electrons. The molecule has 2 aliphatic heterocycles. The normalized spacial score (nSPS) is 28.3. The van der Waals surface area contributed by atoms with Crippen molar-refractivity contribution in [1.82, 2.24) is 14.8 Å². The third kappa shape index (κ3) is 3.65. The molecule has 3 atom stereocenters. The number of thiazole rings is 1. The van der Waals surface area contributed by atoms with Gasteiger partial charge < -0.3 is 15.1 Å². The second-order valence-electron chi connectivity index (χ2n) is 7.58. The van der Waals surface area contributed by atoms with Crippen LogP contribution in [0.5, 0.6) is 0 Å². The molecule has 29 heavy (non-hydrogen) atoms. The van der Waals surface area contributed by atoms with Crippen molar-refractivity contribution in [3.05, 3.63) is 41.1 Å². The predicted molar refractivity (Wildman–Crippen MR) is 124 cm³/mol. The number of anilines is 1. The molecule has 1 aromatic heterocycles. The minimum atomic E-state index is -0.912. The van der Waals surface area contributed by atoms with Crippen LogP contribution in [0.15, 0.2) is 40.4 Å². The lowest BCUT2D eigenvalue weighted by Gasteiger charge is -2.40. The second kappa shape index (κ2) is 7.67. The third-order valence-electron chi connectivity index (χ3n) is 5.26. The topological polar surface area (TPSA) is 77.9 Å². The number of fused-ring (bicyclic) bond motifs is 1. The minimum absolute atomic E-state index is 0.0326. The monoisotopic (exact) mass is 523 g/mol. The standard InChI is InChI=1S/C20H22IN5O2S/c1-12-4-6-14(7-5-12)15-10-29-19(23-15)24-16(27)9-26-11-22-17-13(2)8-25(3)18(28)20(17,26)21/h4,6-8,10-12,17H,5,9H2,1-3H3,(H,23,24,27)/t12?,17?,20-/m1/s1. The van der Waals surface area contributed by atoms with Crippen molar-refractivity contribution >= 4 is 62.8 Å². The van der Waals surface area contributed by atoms with Crippen LogP contribution in [-0.4, -0.2) is 56.1 Å². The molecule has 0 saturated carbocycles. The summed E-state index contributed by atoms with van der Waals surface area (Å²) in [4.78, 5) is 37.8. The number of carbonyl (C=O) groups excluding carboxylic acids is 2. The molecule has 9 heteroatoms. The zero-order chi connectivity index (χ0) is 20.8. The number of aromatic nitrogens is 1. The van der Waals surface area contributed by atoms with Crippen molar-refractivity contribution in [3.63, 3.8) is 0 Å². The van der Waals surface area contributed by atoms with Gasteiger partial charge in [0.15, 0.2) is 8.68 Å². The summed E-state index contributed by atoms with van der Waals surface area (Å²) in [6.07, 6.45) is 10.8. The van der Waals surface area contributed by atoms with Crippen LogP contribution in [0.1, 0.15) is 26.0 Å². The summed E-state index contributed by atoms with van der Waals surface area (Å²) in [5, 5.41) is 5.36. The maximum absolute atomic E-state index is 12.8. The molecule has 1 aliphatic carbocycles. The first-order chi connectivity index (χ1) is 13.8. The highest BCUT2D eigenvalue weighted by atomic mass is 127. The minimum Gasteiger partial charge on any atom is -0.329 e. The van der Waals surface area contributed by atoms with E-state index in [9.17, 15) is 9.59 Å². The first kappa shape index (κ1) is 20.3. The summed E-state index contributed by atoms with van der Waals surface area (Å²) >= 11 is 3.52. The Bertz CT molecular complexity index is 981. The first-order valence-electron chi connectivity index (χ1n) is 9.37. The quantitative estimate of drug-likeness (QED) is 0.374. The van der Waals surface area contributed by atoms with Gasteiger partial charge >= 0.3 is 0 Å². The van der Waals surface area contributed by atoms with Gasteiger partial charge in [-0.15, -0.1) is 11.3 Å². The molecule has 0 fully saturated rings. The number of rotatable bonds is 4. The van der Waals surface area contributed by atoms with E-state index < -0.39 is 3.55 Å². The fourth-order valence-electron chi connectivity index (χ4n) is 3.68. The largest absolute Gasteiger partial charge is 0.329 e. The fraction of sp³-hybridized carbons (Fsp3) is 0.400. The highest BCUT2D eigenvalue weighted by Crippen LogP contribution is 2.41. The van der Waals surface area contributed by atoms with Crippen LogP contribution in [0.3, 0.4) is 0 Å². The molecule has 4 rings (SSSR count). The first-order valence-corrected chi connectivity index (χ1v) is 11.3. The molecule has 3 heterocycles. The molecule has 2 unspecified atom stereocenters. The van der Waals surface area contributed by atoms with Gasteiger partial charge in [0.2, 0.25) is 5.91 Å². The van der Waals surface area contributed by atoms with Gasteiger partial charge in [0.05, 0.1) is 12.0 Å². The Morgan fingerprint density at radius 2 is 2.28 bits per heavy atom. The van der Waals surface area contributed by atoms with Crippen molar-refractivity contribution in [2.45, 2.75) is 29.9 Å². The van der Waals surface area contributed by atoms with Crippen molar-refractivity contribution in [2.24, 2.45) is 10.9 Å². The average molecular weight is 523 g/mol. The number of hydrogen-bond acceptors (Lipinski definition) is 6. The smallest absolute Gasteiger partial charge is 0.265 e. The molecule has 0 aromatic carbocycles. The van der Waals surface area contributed by atoms with Gasteiger partial charge in [-0.05, 0) is 53.0 Å².